The molecule has 168 valence electrons. The standard InChI is InChI=1S/C23H28N2O4S.ClH/c1-30(27,28)22-8-4-7-21(16-22)29-20-11-9-18(10-12-20)23(26)25-15-5-6-19(25)17-24-13-2-3-14-24;/h4,7-12,16,19H,2-3,5-6,13-15,17H2,1H3;1H. The number of likely N-dealkylation sites (tertiary alicyclic amines) is 2. The molecule has 2 fully saturated rings. The number of carbonyl (C=O) groups is 1. The zero-order chi connectivity index (χ0) is 21.1. The molecule has 1 unspecified atom stereocenters. The number of ether oxygens (including phenoxy) is 1. The van der Waals surface area contributed by atoms with Crippen LogP contribution in [0.3, 0.4) is 0 Å². The van der Waals surface area contributed by atoms with Crippen molar-refractivity contribution in [2.24, 2.45) is 0 Å². The predicted octanol–water partition coefficient (Wildman–Crippen LogP) is 4.00. The lowest BCUT2D eigenvalue weighted by Crippen LogP contribution is -2.42. The monoisotopic (exact) mass is 464 g/mol. The second kappa shape index (κ2) is 10.0. The maximum absolute atomic E-state index is 13.1. The number of benzene rings is 2. The smallest absolute Gasteiger partial charge is 0.254 e. The maximum atomic E-state index is 13.1. The Balaban J connectivity index is 0.00000272. The molecule has 2 aromatic carbocycles. The highest BCUT2D eigenvalue weighted by molar-refractivity contribution is 7.90. The summed E-state index contributed by atoms with van der Waals surface area (Å²) in [6.45, 7) is 4.08. The van der Waals surface area contributed by atoms with Gasteiger partial charge in [-0.15, -0.1) is 12.4 Å². The van der Waals surface area contributed by atoms with Crippen LogP contribution in [-0.4, -0.2) is 62.6 Å². The van der Waals surface area contributed by atoms with Gasteiger partial charge in [-0.2, -0.15) is 0 Å². The summed E-state index contributed by atoms with van der Waals surface area (Å²) in [5, 5.41) is 0. The van der Waals surface area contributed by atoms with Gasteiger partial charge >= 0.3 is 0 Å². The lowest BCUT2D eigenvalue weighted by Gasteiger charge is -2.28. The van der Waals surface area contributed by atoms with Crippen molar-refractivity contribution in [3.63, 3.8) is 0 Å². The SMILES string of the molecule is CS(=O)(=O)c1cccc(Oc2ccc(C(=O)N3CCCC3CN3CCCC3)cc2)c1.Cl. The van der Waals surface area contributed by atoms with Crippen LogP contribution in [0.25, 0.3) is 0 Å². The Bertz CT molecular complexity index is 1000. The third-order valence-corrected chi connectivity index (χ3v) is 6.99. The van der Waals surface area contributed by atoms with E-state index in [-0.39, 0.29) is 23.2 Å². The van der Waals surface area contributed by atoms with Gasteiger partial charge in [-0.25, -0.2) is 8.42 Å². The molecule has 2 aliphatic rings. The molecule has 0 saturated carbocycles. The number of hydrogen-bond acceptors (Lipinski definition) is 5. The summed E-state index contributed by atoms with van der Waals surface area (Å²) in [5.74, 6) is 1.08. The quantitative estimate of drug-likeness (QED) is 0.646. The van der Waals surface area contributed by atoms with E-state index in [1.165, 1.54) is 25.2 Å². The fourth-order valence-corrected chi connectivity index (χ4v) is 4.95. The molecule has 4 rings (SSSR count). The van der Waals surface area contributed by atoms with Gasteiger partial charge in [-0.3, -0.25) is 4.79 Å². The molecule has 1 atom stereocenters. The van der Waals surface area contributed by atoms with Gasteiger partial charge < -0.3 is 14.5 Å². The molecule has 2 aromatic rings. The lowest BCUT2D eigenvalue weighted by atomic mass is 10.1. The number of halogens is 1. The first-order chi connectivity index (χ1) is 14.4. The summed E-state index contributed by atoms with van der Waals surface area (Å²) < 4.78 is 29.2. The normalized spacial score (nSPS) is 19.3. The van der Waals surface area contributed by atoms with E-state index in [4.69, 9.17) is 4.74 Å². The van der Waals surface area contributed by atoms with Crippen LogP contribution in [0.4, 0.5) is 0 Å². The van der Waals surface area contributed by atoms with Gasteiger partial charge in [0.2, 0.25) is 0 Å². The van der Waals surface area contributed by atoms with Crippen LogP contribution < -0.4 is 4.74 Å². The highest BCUT2D eigenvalue weighted by Crippen LogP contribution is 2.26. The predicted molar refractivity (Wildman–Crippen MR) is 123 cm³/mol. The van der Waals surface area contributed by atoms with Crippen molar-refractivity contribution in [2.75, 3.05) is 32.4 Å². The molecule has 0 aromatic heterocycles. The van der Waals surface area contributed by atoms with Crippen LogP contribution >= 0.6 is 12.4 Å². The zero-order valence-electron chi connectivity index (χ0n) is 17.7. The van der Waals surface area contributed by atoms with Crippen LogP contribution in [0.1, 0.15) is 36.0 Å². The Morgan fingerprint density at radius 1 is 1.00 bits per heavy atom. The number of hydrogen-bond donors (Lipinski definition) is 0. The minimum Gasteiger partial charge on any atom is -0.457 e. The molecule has 2 saturated heterocycles. The molecule has 2 heterocycles. The van der Waals surface area contributed by atoms with E-state index in [9.17, 15) is 13.2 Å². The summed E-state index contributed by atoms with van der Waals surface area (Å²) in [7, 11) is -3.29. The summed E-state index contributed by atoms with van der Waals surface area (Å²) in [6.07, 6.45) is 5.81. The van der Waals surface area contributed by atoms with Crippen LogP contribution in [0.5, 0.6) is 11.5 Å². The summed E-state index contributed by atoms with van der Waals surface area (Å²) in [5.41, 5.74) is 0.653. The molecule has 0 aliphatic carbocycles. The van der Waals surface area contributed by atoms with E-state index < -0.39 is 9.84 Å². The van der Waals surface area contributed by atoms with Crippen molar-refractivity contribution in [1.82, 2.24) is 9.80 Å². The van der Waals surface area contributed by atoms with Gasteiger partial charge in [0.05, 0.1) is 4.90 Å². The Morgan fingerprint density at radius 3 is 2.39 bits per heavy atom. The average molecular weight is 465 g/mol. The van der Waals surface area contributed by atoms with E-state index in [1.807, 2.05) is 4.90 Å². The highest BCUT2D eigenvalue weighted by atomic mass is 35.5. The average Bonchev–Trinajstić information content (AvgIpc) is 3.40. The second-order valence-corrected chi connectivity index (χ2v) is 10.2. The number of carbonyl (C=O) groups excluding carboxylic acids is 1. The van der Waals surface area contributed by atoms with Crippen molar-refractivity contribution < 1.29 is 17.9 Å². The third-order valence-electron chi connectivity index (χ3n) is 5.88. The molecule has 6 nitrogen and oxygen atoms in total. The summed E-state index contributed by atoms with van der Waals surface area (Å²) >= 11 is 0. The van der Waals surface area contributed by atoms with Crippen LogP contribution in [-0.2, 0) is 9.84 Å². The molecule has 2 aliphatic heterocycles. The summed E-state index contributed by atoms with van der Waals surface area (Å²) in [6, 6.07) is 13.8. The Morgan fingerprint density at radius 2 is 1.71 bits per heavy atom. The maximum Gasteiger partial charge on any atom is 0.254 e. The van der Waals surface area contributed by atoms with Crippen LogP contribution in [0.2, 0.25) is 0 Å². The first-order valence-corrected chi connectivity index (χ1v) is 12.4. The molecular formula is C23H29ClN2O4S. The molecule has 31 heavy (non-hydrogen) atoms. The molecule has 1 amide bonds. The molecule has 0 radical (unpaired) electrons. The first kappa shape index (κ1) is 23.6. The van der Waals surface area contributed by atoms with E-state index in [0.29, 0.717) is 23.1 Å². The van der Waals surface area contributed by atoms with E-state index in [0.717, 1.165) is 39.0 Å². The van der Waals surface area contributed by atoms with Gasteiger partial charge in [0, 0.05) is 31.0 Å². The van der Waals surface area contributed by atoms with Crippen molar-refractivity contribution in [2.45, 2.75) is 36.6 Å². The van der Waals surface area contributed by atoms with Gasteiger partial charge in [0.1, 0.15) is 11.5 Å². The van der Waals surface area contributed by atoms with Crippen molar-refractivity contribution in [3.05, 3.63) is 54.1 Å². The number of rotatable bonds is 6. The molecule has 0 N–H and O–H groups in total. The zero-order valence-corrected chi connectivity index (χ0v) is 19.3. The first-order valence-electron chi connectivity index (χ1n) is 10.5. The van der Waals surface area contributed by atoms with Gasteiger partial charge in [0.15, 0.2) is 9.84 Å². The van der Waals surface area contributed by atoms with Crippen molar-refractivity contribution in [3.8, 4) is 11.5 Å². The fourth-order valence-electron chi connectivity index (χ4n) is 4.29. The van der Waals surface area contributed by atoms with Gasteiger partial charge in [-0.05, 0) is 81.2 Å². The van der Waals surface area contributed by atoms with Crippen LogP contribution in [0.15, 0.2) is 53.4 Å². The molecule has 0 spiro atoms. The third kappa shape index (κ3) is 5.79. The van der Waals surface area contributed by atoms with E-state index >= 15 is 0 Å². The van der Waals surface area contributed by atoms with Crippen LogP contribution in [0, 0.1) is 0 Å². The molecular weight excluding hydrogens is 436 g/mol. The highest BCUT2D eigenvalue weighted by Gasteiger charge is 2.31. The van der Waals surface area contributed by atoms with E-state index in [2.05, 4.69) is 4.90 Å². The number of amides is 1. The van der Waals surface area contributed by atoms with E-state index in [1.54, 1.807) is 42.5 Å². The Labute approximate surface area is 190 Å². The summed E-state index contributed by atoms with van der Waals surface area (Å²) in [4.78, 5) is 17.8. The topological polar surface area (TPSA) is 66.9 Å². The minimum absolute atomic E-state index is 0. The molecule has 8 heteroatoms. The molecule has 0 bridgehead atoms. The fraction of sp³-hybridized carbons (Fsp3) is 0.435. The lowest BCUT2D eigenvalue weighted by molar-refractivity contribution is 0.0708. The number of sulfone groups is 1. The largest absolute Gasteiger partial charge is 0.457 e. The van der Waals surface area contributed by atoms with Crippen molar-refractivity contribution >= 4 is 28.2 Å². The minimum atomic E-state index is -3.29. The second-order valence-electron chi connectivity index (χ2n) is 8.18. The number of nitrogens with zero attached hydrogens (tertiary/aromatic N) is 2. The Kier molecular flexibility index (Phi) is 7.62. The van der Waals surface area contributed by atoms with Gasteiger partial charge in [-0.1, -0.05) is 6.07 Å². The Hall–Kier alpha value is -2.09. The van der Waals surface area contributed by atoms with Gasteiger partial charge in [0.25, 0.3) is 5.91 Å². The van der Waals surface area contributed by atoms with Crippen molar-refractivity contribution in [1.29, 1.82) is 0 Å².